The van der Waals surface area contributed by atoms with E-state index in [2.05, 4.69) is 20.3 Å². The number of anilines is 1. The van der Waals surface area contributed by atoms with E-state index in [4.69, 9.17) is 5.10 Å². The summed E-state index contributed by atoms with van der Waals surface area (Å²) < 4.78 is 1.85. The van der Waals surface area contributed by atoms with Crippen molar-refractivity contribution in [1.82, 2.24) is 24.7 Å². The molecule has 0 bridgehead atoms. The minimum atomic E-state index is -0.199. The second kappa shape index (κ2) is 9.00. The van der Waals surface area contributed by atoms with Crippen LogP contribution in [0.25, 0.3) is 16.9 Å². The molecule has 1 aromatic carbocycles. The molecule has 7 heteroatoms. The summed E-state index contributed by atoms with van der Waals surface area (Å²) >= 11 is 0. The fraction of sp³-hybridized carbons (Fsp3) is 0.115. The maximum absolute atomic E-state index is 12.8. The Balaban J connectivity index is 1.30. The molecule has 4 aromatic rings. The fourth-order valence-electron chi connectivity index (χ4n) is 3.83. The van der Waals surface area contributed by atoms with Gasteiger partial charge in [0.05, 0.1) is 17.6 Å². The molecule has 0 spiro atoms. The standard InChI is InChI=1S/C26H22N6O/c1-18-12-24(19-6-3-2-4-7-19)31-32(18)23-10-11-25(29-16-23)30-26(33)21-9-5-8-20(13-21)22-14-27-17-28-15-22/h2-7,9-17,20H,8H2,1H3,(H,29,30,33). The van der Waals surface area contributed by atoms with E-state index in [9.17, 15) is 4.79 Å². The number of hydrogen-bond donors (Lipinski definition) is 1. The first-order valence-electron chi connectivity index (χ1n) is 10.7. The topological polar surface area (TPSA) is 85.6 Å². The molecule has 7 nitrogen and oxygen atoms in total. The van der Waals surface area contributed by atoms with Gasteiger partial charge in [0.15, 0.2) is 0 Å². The van der Waals surface area contributed by atoms with Gasteiger partial charge in [0.1, 0.15) is 12.1 Å². The van der Waals surface area contributed by atoms with Crippen LogP contribution >= 0.6 is 0 Å². The number of allylic oxidation sites excluding steroid dienone is 2. The highest BCUT2D eigenvalue weighted by Crippen LogP contribution is 2.27. The molecule has 3 heterocycles. The normalized spacial score (nSPS) is 15.2. The number of rotatable bonds is 5. The second-order valence-corrected chi connectivity index (χ2v) is 7.84. The zero-order chi connectivity index (χ0) is 22.6. The predicted octanol–water partition coefficient (Wildman–Crippen LogP) is 4.64. The molecule has 1 atom stereocenters. The lowest BCUT2D eigenvalue weighted by molar-refractivity contribution is -0.112. The summed E-state index contributed by atoms with van der Waals surface area (Å²) in [5, 5.41) is 7.59. The molecule has 162 valence electrons. The van der Waals surface area contributed by atoms with Crippen molar-refractivity contribution in [3.8, 4) is 16.9 Å². The first-order chi connectivity index (χ1) is 16.2. The minimum absolute atomic E-state index is 0.0777. The van der Waals surface area contributed by atoms with E-state index < -0.39 is 0 Å². The van der Waals surface area contributed by atoms with Crippen molar-refractivity contribution >= 4 is 11.7 Å². The van der Waals surface area contributed by atoms with E-state index in [1.165, 1.54) is 6.33 Å². The van der Waals surface area contributed by atoms with Crippen LogP contribution < -0.4 is 5.32 Å². The van der Waals surface area contributed by atoms with Gasteiger partial charge in [0, 0.05) is 35.1 Å². The molecule has 0 radical (unpaired) electrons. The molecular formula is C26H22N6O. The molecule has 1 aliphatic rings. The molecule has 1 aliphatic carbocycles. The Hall–Kier alpha value is -4.39. The lowest BCUT2D eigenvalue weighted by Gasteiger charge is -2.16. The van der Waals surface area contributed by atoms with Gasteiger partial charge in [-0.05, 0) is 37.1 Å². The molecule has 3 aromatic heterocycles. The van der Waals surface area contributed by atoms with Gasteiger partial charge in [-0.25, -0.2) is 19.6 Å². The van der Waals surface area contributed by atoms with Crippen molar-refractivity contribution in [3.63, 3.8) is 0 Å². The Morgan fingerprint density at radius 3 is 2.64 bits per heavy atom. The largest absolute Gasteiger partial charge is 0.307 e. The molecule has 1 N–H and O–H groups in total. The summed E-state index contributed by atoms with van der Waals surface area (Å²) in [6.45, 7) is 2.01. The lowest BCUT2D eigenvalue weighted by atomic mass is 9.91. The number of aryl methyl sites for hydroxylation is 1. The Morgan fingerprint density at radius 1 is 1.06 bits per heavy atom. The van der Waals surface area contributed by atoms with Gasteiger partial charge < -0.3 is 5.32 Å². The highest BCUT2D eigenvalue weighted by atomic mass is 16.1. The van der Waals surface area contributed by atoms with Gasteiger partial charge in [-0.2, -0.15) is 5.10 Å². The van der Waals surface area contributed by atoms with Crippen LogP contribution in [0.1, 0.15) is 23.6 Å². The summed E-state index contributed by atoms with van der Waals surface area (Å²) in [4.78, 5) is 25.4. The monoisotopic (exact) mass is 434 g/mol. The van der Waals surface area contributed by atoms with Crippen molar-refractivity contribution in [1.29, 1.82) is 0 Å². The van der Waals surface area contributed by atoms with Crippen LogP contribution in [-0.2, 0) is 4.79 Å². The molecule has 1 amide bonds. The summed E-state index contributed by atoms with van der Waals surface area (Å²) in [6.07, 6.45) is 13.4. The van der Waals surface area contributed by atoms with Gasteiger partial charge >= 0.3 is 0 Å². The molecule has 0 saturated heterocycles. The number of pyridine rings is 1. The highest BCUT2D eigenvalue weighted by Gasteiger charge is 2.17. The Bertz CT molecular complexity index is 1320. The van der Waals surface area contributed by atoms with E-state index in [0.29, 0.717) is 11.4 Å². The molecule has 0 fully saturated rings. The van der Waals surface area contributed by atoms with E-state index in [1.807, 2.05) is 72.3 Å². The fourth-order valence-corrected chi connectivity index (χ4v) is 3.83. The summed E-state index contributed by atoms with van der Waals surface area (Å²) in [5.41, 5.74) is 5.37. The maximum atomic E-state index is 12.8. The number of carbonyl (C=O) groups excluding carboxylic acids is 1. The van der Waals surface area contributed by atoms with E-state index in [1.54, 1.807) is 24.7 Å². The molecule has 33 heavy (non-hydrogen) atoms. The lowest BCUT2D eigenvalue weighted by Crippen LogP contribution is -2.16. The molecule has 1 unspecified atom stereocenters. The van der Waals surface area contributed by atoms with Crippen molar-refractivity contribution in [2.24, 2.45) is 0 Å². The number of amides is 1. The smallest absolute Gasteiger partial charge is 0.256 e. The van der Waals surface area contributed by atoms with Gasteiger partial charge in [0.2, 0.25) is 0 Å². The average Bonchev–Trinajstić information content (AvgIpc) is 3.27. The number of hydrogen-bond acceptors (Lipinski definition) is 5. The predicted molar refractivity (Wildman–Crippen MR) is 127 cm³/mol. The first kappa shape index (κ1) is 20.5. The number of carbonyl (C=O) groups is 1. The average molecular weight is 435 g/mol. The summed E-state index contributed by atoms with van der Waals surface area (Å²) in [6, 6.07) is 15.8. The van der Waals surface area contributed by atoms with Crippen LogP contribution in [-0.4, -0.2) is 30.6 Å². The summed E-state index contributed by atoms with van der Waals surface area (Å²) in [5.74, 6) is 0.361. The number of benzene rings is 1. The van der Waals surface area contributed by atoms with Gasteiger partial charge in [-0.1, -0.05) is 48.6 Å². The minimum Gasteiger partial charge on any atom is -0.307 e. The van der Waals surface area contributed by atoms with Crippen LogP contribution in [0.3, 0.4) is 0 Å². The van der Waals surface area contributed by atoms with Crippen molar-refractivity contribution < 1.29 is 4.79 Å². The second-order valence-electron chi connectivity index (χ2n) is 7.84. The van der Waals surface area contributed by atoms with Gasteiger partial charge in [0.25, 0.3) is 5.91 Å². The van der Waals surface area contributed by atoms with Gasteiger partial charge in [-0.3, -0.25) is 4.79 Å². The zero-order valence-electron chi connectivity index (χ0n) is 18.1. The van der Waals surface area contributed by atoms with Crippen LogP contribution in [0, 0.1) is 6.92 Å². The van der Waals surface area contributed by atoms with Gasteiger partial charge in [-0.15, -0.1) is 0 Å². The van der Waals surface area contributed by atoms with Crippen LogP contribution in [0.4, 0.5) is 5.82 Å². The van der Waals surface area contributed by atoms with Crippen LogP contribution in [0.15, 0.2) is 97.2 Å². The third-order valence-corrected chi connectivity index (χ3v) is 5.53. The molecule has 0 saturated carbocycles. The third kappa shape index (κ3) is 4.48. The quantitative estimate of drug-likeness (QED) is 0.495. The van der Waals surface area contributed by atoms with Crippen molar-refractivity contribution in [3.05, 3.63) is 109 Å². The third-order valence-electron chi connectivity index (χ3n) is 5.53. The van der Waals surface area contributed by atoms with Crippen LogP contribution in [0.2, 0.25) is 0 Å². The van der Waals surface area contributed by atoms with Crippen molar-refractivity contribution in [2.45, 2.75) is 19.3 Å². The number of nitrogens with one attached hydrogen (secondary N) is 1. The Kier molecular flexibility index (Phi) is 5.59. The van der Waals surface area contributed by atoms with E-state index in [0.717, 1.165) is 34.6 Å². The van der Waals surface area contributed by atoms with E-state index in [-0.39, 0.29) is 11.8 Å². The Morgan fingerprint density at radius 2 is 1.88 bits per heavy atom. The highest BCUT2D eigenvalue weighted by molar-refractivity contribution is 6.05. The molecular weight excluding hydrogens is 412 g/mol. The number of aromatic nitrogens is 5. The SMILES string of the molecule is Cc1cc(-c2ccccc2)nn1-c1ccc(NC(=O)C2=CC(c3cncnc3)CC=C2)nc1. The summed E-state index contributed by atoms with van der Waals surface area (Å²) in [7, 11) is 0. The van der Waals surface area contributed by atoms with Crippen molar-refractivity contribution in [2.75, 3.05) is 5.32 Å². The maximum Gasteiger partial charge on any atom is 0.256 e. The molecule has 5 rings (SSSR count). The molecule has 0 aliphatic heterocycles. The van der Waals surface area contributed by atoms with Crippen LogP contribution in [0.5, 0.6) is 0 Å². The Labute approximate surface area is 191 Å². The first-order valence-corrected chi connectivity index (χ1v) is 10.7. The number of nitrogens with zero attached hydrogens (tertiary/aromatic N) is 5. The van der Waals surface area contributed by atoms with E-state index >= 15 is 0 Å². The zero-order valence-corrected chi connectivity index (χ0v) is 18.1.